The van der Waals surface area contributed by atoms with E-state index in [1.54, 1.807) is 12.2 Å². The number of rotatable bonds is 10. The number of ketones is 1. The molecule has 0 unspecified atom stereocenters. The monoisotopic (exact) mass is 516 g/mol. The predicted molar refractivity (Wildman–Crippen MR) is 153 cm³/mol. The van der Waals surface area contributed by atoms with E-state index in [1.807, 2.05) is 24.9 Å². The average Bonchev–Trinajstić information content (AvgIpc) is 2.86. The van der Waals surface area contributed by atoms with Crippen LogP contribution < -0.4 is 10.6 Å². The molecule has 1 aliphatic heterocycles. The van der Waals surface area contributed by atoms with Crippen molar-refractivity contribution in [1.82, 2.24) is 20.2 Å². The van der Waals surface area contributed by atoms with Gasteiger partial charge in [0.1, 0.15) is 0 Å². The number of likely N-dealkylation sites (tertiary alicyclic amines) is 1. The number of carbonyl (C=O) groups is 2. The van der Waals surface area contributed by atoms with E-state index < -0.39 is 0 Å². The van der Waals surface area contributed by atoms with Crippen molar-refractivity contribution in [3.05, 3.63) is 70.6 Å². The first-order valence-corrected chi connectivity index (χ1v) is 13.3. The molecule has 1 amide bonds. The molecule has 38 heavy (non-hydrogen) atoms. The lowest BCUT2D eigenvalue weighted by molar-refractivity contribution is -0.130. The third kappa shape index (κ3) is 7.68. The van der Waals surface area contributed by atoms with Crippen molar-refractivity contribution in [3.8, 4) is 0 Å². The number of nitrogens with one attached hydrogen (secondary N) is 3. The lowest BCUT2D eigenvalue weighted by Gasteiger charge is -2.38. The fourth-order valence-electron chi connectivity index (χ4n) is 4.81. The summed E-state index contributed by atoms with van der Waals surface area (Å²) >= 11 is 0. The van der Waals surface area contributed by atoms with Gasteiger partial charge in [0.2, 0.25) is 5.95 Å². The Kier molecular flexibility index (Phi) is 10.1. The number of Topliss-reactive ketones (excluding diaryl/α,β-unsaturated/α-hetero) is 1. The number of amides is 1. The minimum Gasteiger partial charge on any atom is -0.336 e. The molecule has 0 saturated carbocycles. The number of hydrogen-bond acceptors (Lipinski definition) is 7. The van der Waals surface area contributed by atoms with Crippen LogP contribution in [0.4, 0.5) is 11.6 Å². The Labute approximate surface area is 226 Å². The van der Waals surface area contributed by atoms with Crippen molar-refractivity contribution in [2.45, 2.75) is 79.4 Å². The van der Waals surface area contributed by atoms with Gasteiger partial charge in [-0.3, -0.25) is 15.0 Å². The zero-order valence-electron chi connectivity index (χ0n) is 23.4. The van der Waals surface area contributed by atoms with E-state index in [0.29, 0.717) is 24.6 Å². The molecule has 2 aromatic rings. The number of hydrogen-bond donors (Lipinski definition) is 3. The quantitative estimate of drug-likeness (QED) is 0.233. The molecule has 0 aliphatic carbocycles. The van der Waals surface area contributed by atoms with Crippen LogP contribution in [-0.4, -0.2) is 50.9 Å². The Bertz CT molecular complexity index is 1230. The summed E-state index contributed by atoms with van der Waals surface area (Å²) in [5.74, 6) is 0.0720. The molecule has 8 nitrogen and oxygen atoms in total. The molecule has 1 aliphatic rings. The summed E-state index contributed by atoms with van der Waals surface area (Å²) in [7, 11) is 0. The second kappa shape index (κ2) is 13.2. The Morgan fingerprint density at radius 1 is 1.21 bits per heavy atom. The van der Waals surface area contributed by atoms with Gasteiger partial charge in [0.15, 0.2) is 5.78 Å². The lowest BCUT2D eigenvalue weighted by atomic mass is 9.96. The molecular formula is C30H40N6O2. The smallest absolute Gasteiger partial charge is 0.254 e. The number of anilines is 2. The van der Waals surface area contributed by atoms with Gasteiger partial charge in [-0.2, -0.15) is 0 Å². The van der Waals surface area contributed by atoms with Gasteiger partial charge in [-0.15, -0.1) is 0 Å². The third-order valence-corrected chi connectivity index (χ3v) is 6.78. The van der Waals surface area contributed by atoms with Gasteiger partial charge in [0.25, 0.3) is 5.91 Å². The molecule has 1 fully saturated rings. The minimum absolute atomic E-state index is 0.0201. The summed E-state index contributed by atoms with van der Waals surface area (Å²) in [6.45, 7) is 12.7. The summed E-state index contributed by atoms with van der Waals surface area (Å²) in [5.41, 5.74) is 5.62. The van der Waals surface area contributed by atoms with Crippen LogP contribution in [0.15, 0.2) is 48.2 Å². The zero-order chi connectivity index (χ0) is 27.8. The Morgan fingerprint density at radius 2 is 1.92 bits per heavy atom. The van der Waals surface area contributed by atoms with Crippen LogP contribution in [0.1, 0.15) is 62.9 Å². The maximum atomic E-state index is 13.2. The number of piperidine rings is 1. The zero-order valence-corrected chi connectivity index (χ0v) is 23.4. The van der Waals surface area contributed by atoms with Crippen LogP contribution >= 0.6 is 0 Å². The van der Waals surface area contributed by atoms with Gasteiger partial charge in [0.05, 0.1) is 11.4 Å². The van der Waals surface area contributed by atoms with Gasteiger partial charge in [-0.25, -0.2) is 9.97 Å². The normalized spacial score (nSPS) is 18.1. The van der Waals surface area contributed by atoms with Crippen LogP contribution in [0.2, 0.25) is 0 Å². The van der Waals surface area contributed by atoms with Crippen LogP contribution in [0.3, 0.4) is 0 Å². The number of aryl methyl sites for hydroxylation is 3. The highest BCUT2D eigenvalue weighted by molar-refractivity contribution is 6.42. The number of carbonyl (C=O) groups excluding carboxylic acids is 2. The fourth-order valence-corrected chi connectivity index (χ4v) is 4.81. The maximum absolute atomic E-state index is 13.2. The van der Waals surface area contributed by atoms with Gasteiger partial charge >= 0.3 is 0 Å². The van der Waals surface area contributed by atoms with E-state index >= 15 is 0 Å². The molecule has 2 atom stereocenters. The highest BCUT2D eigenvalue weighted by Crippen LogP contribution is 2.22. The Balaban J connectivity index is 1.65. The summed E-state index contributed by atoms with van der Waals surface area (Å²) in [6.07, 6.45) is 9.15. The van der Waals surface area contributed by atoms with Crippen molar-refractivity contribution in [2.24, 2.45) is 0 Å². The summed E-state index contributed by atoms with van der Waals surface area (Å²) < 4.78 is 0. The molecule has 1 saturated heterocycles. The first kappa shape index (κ1) is 28.9. The number of aromatic nitrogens is 2. The second-order valence-electron chi connectivity index (χ2n) is 10.0. The van der Waals surface area contributed by atoms with Gasteiger partial charge in [-0.05, 0) is 81.9 Å². The molecule has 3 rings (SSSR count). The van der Waals surface area contributed by atoms with Crippen molar-refractivity contribution in [3.63, 3.8) is 0 Å². The lowest BCUT2D eigenvalue weighted by Crippen LogP contribution is -2.50. The molecule has 1 aromatic heterocycles. The van der Waals surface area contributed by atoms with Gasteiger partial charge in [-0.1, -0.05) is 25.1 Å². The minimum atomic E-state index is -0.362. The van der Waals surface area contributed by atoms with Crippen LogP contribution in [0.25, 0.3) is 0 Å². The highest BCUT2D eigenvalue weighted by atomic mass is 16.2. The standard InChI is InChI=1S/C30H40N6O2/c1-7-9-24(16-27(31)22(6)37)29(38)36-11-10-25(15-21(36)5)32-18-28-23(8-2)17-33-30(35-28)34-26-13-19(3)12-20(4)14-26/h7,9,12-14,16-17,21,25,31-32H,8,10-11,15,18H2,1-6H3,(H,33,34,35)/b9-7-,24-16+,31-27?/t21-,25-/m1/s1. The van der Waals surface area contributed by atoms with Crippen molar-refractivity contribution < 1.29 is 9.59 Å². The van der Waals surface area contributed by atoms with E-state index in [2.05, 4.69) is 54.6 Å². The van der Waals surface area contributed by atoms with Crippen molar-refractivity contribution in [1.29, 1.82) is 5.41 Å². The number of nitrogens with zero attached hydrogens (tertiary/aromatic N) is 3. The molecular weight excluding hydrogens is 476 g/mol. The van der Waals surface area contributed by atoms with E-state index in [1.165, 1.54) is 24.1 Å². The largest absolute Gasteiger partial charge is 0.336 e. The van der Waals surface area contributed by atoms with E-state index in [0.717, 1.165) is 36.2 Å². The van der Waals surface area contributed by atoms with Crippen LogP contribution in [0, 0.1) is 19.3 Å². The fraction of sp³-hybridized carbons (Fsp3) is 0.433. The topological polar surface area (TPSA) is 111 Å². The summed E-state index contributed by atoms with van der Waals surface area (Å²) in [5, 5.41) is 14.8. The average molecular weight is 517 g/mol. The summed E-state index contributed by atoms with van der Waals surface area (Å²) in [4.78, 5) is 35.9. The SMILES string of the molecule is C/C=C\C(=C/C(=N)C(C)=O)C(=O)N1CC[C@@H](NCc2nc(Nc3cc(C)cc(C)c3)ncc2CC)C[C@H]1C. The van der Waals surface area contributed by atoms with E-state index in [-0.39, 0.29) is 29.5 Å². The highest BCUT2D eigenvalue weighted by Gasteiger charge is 2.30. The van der Waals surface area contributed by atoms with Crippen LogP contribution in [-0.2, 0) is 22.6 Å². The molecule has 3 N–H and O–H groups in total. The number of benzene rings is 1. The third-order valence-electron chi connectivity index (χ3n) is 6.78. The molecule has 0 bridgehead atoms. The molecule has 202 valence electrons. The Hall–Kier alpha value is -3.65. The molecule has 8 heteroatoms. The van der Waals surface area contributed by atoms with Crippen molar-refractivity contribution >= 4 is 29.0 Å². The molecule has 1 aromatic carbocycles. The molecule has 0 spiro atoms. The molecule has 2 heterocycles. The van der Waals surface area contributed by atoms with E-state index in [4.69, 9.17) is 10.4 Å². The van der Waals surface area contributed by atoms with Crippen LogP contribution in [0.5, 0.6) is 0 Å². The first-order valence-electron chi connectivity index (χ1n) is 13.3. The van der Waals surface area contributed by atoms with E-state index in [9.17, 15) is 9.59 Å². The molecule has 0 radical (unpaired) electrons. The maximum Gasteiger partial charge on any atom is 0.254 e. The number of allylic oxidation sites excluding steroid dienone is 2. The Morgan fingerprint density at radius 3 is 2.53 bits per heavy atom. The van der Waals surface area contributed by atoms with Gasteiger partial charge in [0, 0.05) is 49.6 Å². The summed E-state index contributed by atoms with van der Waals surface area (Å²) in [6, 6.07) is 6.56. The van der Waals surface area contributed by atoms with Crippen molar-refractivity contribution in [2.75, 3.05) is 11.9 Å². The first-order chi connectivity index (χ1) is 18.1. The predicted octanol–water partition coefficient (Wildman–Crippen LogP) is 4.98. The van der Waals surface area contributed by atoms with Gasteiger partial charge < -0.3 is 15.5 Å². The second-order valence-corrected chi connectivity index (χ2v) is 10.0.